The van der Waals surface area contributed by atoms with Crippen molar-refractivity contribution in [3.05, 3.63) is 75.6 Å². The van der Waals surface area contributed by atoms with E-state index in [1.165, 1.54) is 48.5 Å². The molecule has 2 rings (SSSR count). The molecule has 2 N–H and O–H groups in total. The number of halogens is 1. The average Bonchev–Trinajstić information content (AvgIpc) is 2.72. The first-order valence-electron chi connectivity index (χ1n) is 9.37. The third kappa shape index (κ3) is 6.88. The Bertz CT molecular complexity index is 945. The highest BCUT2D eigenvalue weighted by Gasteiger charge is 2.33. The molecule has 0 saturated heterocycles. The number of aliphatic carboxylic acids is 1. The van der Waals surface area contributed by atoms with Gasteiger partial charge < -0.3 is 15.2 Å². The van der Waals surface area contributed by atoms with Gasteiger partial charge in [-0.15, -0.1) is 0 Å². The Morgan fingerprint density at radius 2 is 1.74 bits per heavy atom. The monoisotopic (exact) mass is 432 g/mol. The number of carbonyl (C=O) groups excluding carboxylic acids is 2. The van der Waals surface area contributed by atoms with Gasteiger partial charge in [0.05, 0.1) is 24.4 Å². The zero-order valence-corrected chi connectivity index (χ0v) is 16.6. The molecule has 9 nitrogen and oxygen atoms in total. The molecular formula is C21H21FN2O7. The Balaban J connectivity index is 2.28. The van der Waals surface area contributed by atoms with E-state index >= 15 is 0 Å². The van der Waals surface area contributed by atoms with Crippen LogP contribution < -0.4 is 5.32 Å². The smallest absolute Gasteiger partial charge is 0.326 e. The van der Waals surface area contributed by atoms with E-state index in [0.29, 0.717) is 11.1 Å². The second-order valence-corrected chi connectivity index (χ2v) is 6.65. The standard InChI is InChI=1S/C21H21FN2O7/c1-2-31-19(26)12-17(14-5-9-16(10-6-14)24(29)30)20(21(27)28)23-18(25)11-13-3-7-15(22)8-4-13/h3-10,17,20H,2,11-12H2,1H3,(H,23,25)(H,27,28)/t17-,20+/m1/s1. The Kier molecular flexibility index (Phi) is 8.18. The summed E-state index contributed by atoms with van der Waals surface area (Å²) in [5.74, 6) is -4.21. The molecule has 0 bridgehead atoms. The maximum Gasteiger partial charge on any atom is 0.326 e. The molecule has 0 heterocycles. The molecule has 0 aromatic heterocycles. The van der Waals surface area contributed by atoms with Crippen molar-refractivity contribution >= 4 is 23.5 Å². The number of carboxylic acids is 1. The van der Waals surface area contributed by atoms with Crippen LogP contribution in [0, 0.1) is 15.9 Å². The van der Waals surface area contributed by atoms with Crippen LogP contribution in [-0.4, -0.2) is 40.5 Å². The molecule has 31 heavy (non-hydrogen) atoms. The number of nitro benzene ring substituents is 1. The summed E-state index contributed by atoms with van der Waals surface area (Å²) < 4.78 is 17.9. The minimum Gasteiger partial charge on any atom is -0.480 e. The van der Waals surface area contributed by atoms with Crippen molar-refractivity contribution in [1.82, 2.24) is 5.32 Å². The minimum atomic E-state index is -1.50. The first-order valence-corrected chi connectivity index (χ1v) is 9.37. The fourth-order valence-electron chi connectivity index (χ4n) is 3.02. The Morgan fingerprint density at radius 1 is 1.13 bits per heavy atom. The molecule has 2 aromatic carbocycles. The number of esters is 1. The molecule has 0 aliphatic heterocycles. The van der Waals surface area contributed by atoms with Gasteiger partial charge in [-0.05, 0) is 30.2 Å². The van der Waals surface area contributed by atoms with E-state index in [-0.39, 0.29) is 25.1 Å². The van der Waals surface area contributed by atoms with Crippen molar-refractivity contribution in [3.8, 4) is 0 Å². The van der Waals surface area contributed by atoms with Gasteiger partial charge in [-0.3, -0.25) is 19.7 Å². The summed E-state index contributed by atoms with van der Waals surface area (Å²) in [6.45, 7) is 1.68. The molecule has 0 unspecified atom stereocenters. The third-order valence-corrected chi connectivity index (χ3v) is 4.49. The number of nitrogens with zero attached hydrogens (tertiary/aromatic N) is 1. The lowest BCUT2D eigenvalue weighted by Crippen LogP contribution is -2.46. The number of carbonyl (C=O) groups is 3. The average molecular weight is 432 g/mol. The van der Waals surface area contributed by atoms with Gasteiger partial charge in [0.25, 0.3) is 5.69 Å². The van der Waals surface area contributed by atoms with Gasteiger partial charge in [-0.2, -0.15) is 0 Å². The van der Waals surface area contributed by atoms with Crippen LogP contribution in [0.4, 0.5) is 10.1 Å². The number of nitrogens with one attached hydrogen (secondary N) is 1. The molecule has 0 spiro atoms. The molecule has 0 radical (unpaired) electrons. The van der Waals surface area contributed by atoms with Crippen molar-refractivity contribution in [3.63, 3.8) is 0 Å². The van der Waals surface area contributed by atoms with Crippen LogP contribution in [0.3, 0.4) is 0 Å². The summed E-state index contributed by atoms with van der Waals surface area (Å²) in [5.41, 5.74) is 0.583. The number of non-ortho nitro benzene ring substituents is 1. The Labute approximate surface area is 177 Å². The molecule has 1 amide bonds. The highest BCUT2D eigenvalue weighted by molar-refractivity contribution is 5.86. The van der Waals surface area contributed by atoms with Crippen molar-refractivity contribution < 1.29 is 33.5 Å². The number of amides is 1. The lowest BCUT2D eigenvalue weighted by molar-refractivity contribution is -0.384. The number of ether oxygens (including phenoxy) is 1. The Hall–Kier alpha value is -3.82. The lowest BCUT2D eigenvalue weighted by atomic mass is 9.88. The van der Waals surface area contributed by atoms with E-state index in [1.807, 2.05) is 0 Å². The molecule has 0 aliphatic rings. The highest BCUT2D eigenvalue weighted by atomic mass is 19.1. The molecular weight excluding hydrogens is 411 g/mol. The van der Waals surface area contributed by atoms with Crippen molar-refractivity contribution in [2.24, 2.45) is 0 Å². The summed E-state index contributed by atoms with van der Waals surface area (Å²) in [5, 5.41) is 23.0. The minimum absolute atomic E-state index is 0.0838. The van der Waals surface area contributed by atoms with Gasteiger partial charge in [-0.1, -0.05) is 24.3 Å². The van der Waals surface area contributed by atoms with E-state index in [0.717, 1.165) is 0 Å². The van der Waals surface area contributed by atoms with Gasteiger partial charge in [0.15, 0.2) is 0 Å². The first-order chi connectivity index (χ1) is 14.7. The first kappa shape index (κ1) is 23.5. The van der Waals surface area contributed by atoms with E-state index in [2.05, 4.69) is 5.32 Å². The van der Waals surface area contributed by atoms with Gasteiger partial charge in [0.1, 0.15) is 11.9 Å². The lowest BCUT2D eigenvalue weighted by Gasteiger charge is -2.25. The van der Waals surface area contributed by atoms with Crippen molar-refractivity contribution in [2.45, 2.75) is 31.7 Å². The molecule has 0 fully saturated rings. The van der Waals surface area contributed by atoms with E-state index in [1.54, 1.807) is 6.92 Å². The van der Waals surface area contributed by atoms with Crippen LogP contribution in [0.5, 0.6) is 0 Å². The second kappa shape index (κ2) is 10.8. The largest absolute Gasteiger partial charge is 0.480 e. The van der Waals surface area contributed by atoms with Gasteiger partial charge >= 0.3 is 11.9 Å². The number of carboxylic acid groups (broad SMARTS) is 1. The summed E-state index contributed by atoms with van der Waals surface area (Å²) in [6.07, 6.45) is -0.560. The van der Waals surface area contributed by atoms with Gasteiger partial charge in [0, 0.05) is 18.1 Å². The van der Waals surface area contributed by atoms with Crippen molar-refractivity contribution in [2.75, 3.05) is 6.61 Å². The van der Waals surface area contributed by atoms with Gasteiger partial charge in [0.2, 0.25) is 5.91 Å². The maximum atomic E-state index is 13.0. The van der Waals surface area contributed by atoms with Crippen LogP contribution in [0.25, 0.3) is 0 Å². The fourth-order valence-corrected chi connectivity index (χ4v) is 3.02. The van der Waals surface area contributed by atoms with Crippen LogP contribution in [0.2, 0.25) is 0 Å². The second-order valence-electron chi connectivity index (χ2n) is 6.65. The summed E-state index contributed by atoms with van der Waals surface area (Å²) in [4.78, 5) is 46.7. The number of hydrogen-bond donors (Lipinski definition) is 2. The van der Waals surface area contributed by atoms with Gasteiger partial charge in [-0.25, -0.2) is 9.18 Å². The van der Waals surface area contributed by atoms with Crippen molar-refractivity contribution in [1.29, 1.82) is 0 Å². The quantitative estimate of drug-likeness (QED) is 0.335. The molecule has 164 valence electrons. The predicted octanol–water partition coefficient (Wildman–Crippen LogP) is 2.58. The molecule has 2 aromatic rings. The molecule has 10 heteroatoms. The zero-order chi connectivity index (χ0) is 23.0. The van der Waals surface area contributed by atoms with E-state index in [9.17, 15) is 34.0 Å². The number of benzene rings is 2. The van der Waals surface area contributed by atoms with Crippen LogP contribution in [0.1, 0.15) is 30.4 Å². The van der Waals surface area contributed by atoms with Crippen LogP contribution in [0.15, 0.2) is 48.5 Å². The molecule has 0 aliphatic carbocycles. The fraction of sp³-hybridized carbons (Fsp3) is 0.286. The van der Waals surface area contributed by atoms with Crippen LogP contribution >= 0.6 is 0 Å². The van der Waals surface area contributed by atoms with E-state index in [4.69, 9.17) is 4.74 Å². The maximum absolute atomic E-state index is 13.0. The van der Waals surface area contributed by atoms with Crippen LogP contribution in [-0.2, 0) is 25.5 Å². The van der Waals surface area contributed by atoms with E-state index < -0.39 is 40.5 Å². The third-order valence-electron chi connectivity index (χ3n) is 4.49. The SMILES string of the molecule is CCOC(=O)C[C@H](c1ccc([N+](=O)[O-])cc1)[C@H](NC(=O)Cc1ccc(F)cc1)C(=O)O. The number of nitro groups is 1. The molecule has 0 saturated carbocycles. The highest BCUT2D eigenvalue weighted by Crippen LogP contribution is 2.27. The summed E-state index contributed by atoms with van der Waals surface area (Å²) in [6, 6.07) is 8.70. The Morgan fingerprint density at radius 3 is 2.26 bits per heavy atom. The number of hydrogen-bond acceptors (Lipinski definition) is 6. The molecule has 2 atom stereocenters. The number of rotatable bonds is 10. The predicted molar refractivity (Wildman–Crippen MR) is 107 cm³/mol. The summed E-state index contributed by atoms with van der Waals surface area (Å²) >= 11 is 0. The normalized spacial score (nSPS) is 12.5. The zero-order valence-electron chi connectivity index (χ0n) is 16.6. The topological polar surface area (TPSA) is 136 Å². The summed E-state index contributed by atoms with van der Waals surface area (Å²) in [7, 11) is 0.